The van der Waals surface area contributed by atoms with Gasteiger partial charge in [-0.1, -0.05) is 0 Å². The molecule has 1 aliphatic rings. The quantitative estimate of drug-likeness (QED) is 0.860. The van der Waals surface area contributed by atoms with E-state index in [0.717, 1.165) is 13.1 Å². The maximum Gasteiger partial charge on any atom is 0.0271 e. The highest BCUT2D eigenvalue weighted by Crippen LogP contribution is 2.11. The molecule has 1 saturated heterocycles. The first kappa shape index (κ1) is 12.9. The molecule has 2 rings (SSSR count). The lowest BCUT2D eigenvalue weighted by Gasteiger charge is -2.25. The number of nitrogens with zero attached hydrogens (tertiary/aromatic N) is 2. The van der Waals surface area contributed by atoms with E-state index in [1.807, 2.05) is 12.4 Å². The van der Waals surface area contributed by atoms with E-state index in [4.69, 9.17) is 0 Å². The summed E-state index contributed by atoms with van der Waals surface area (Å²) in [6, 6.07) is 4.88. The molecule has 3 nitrogen and oxygen atoms in total. The molecule has 1 unspecified atom stereocenters. The lowest BCUT2D eigenvalue weighted by atomic mass is 10.2. The van der Waals surface area contributed by atoms with Crippen molar-refractivity contribution in [3.8, 4) is 0 Å². The second-order valence-electron chi connectivity index (χ2n) is 4.61. The van der Waals surface area contributed by atoms with Gasteiger partial charge in [0.15, 0.2) is 0 Å². The summed E-state index contributed by atoms with van der Waals surface area (Å²) in [5.41, 5.74) is 1.34. The van der Waals surface area contributed by atoms with Crippen molar-refractivity contribution in [1.82, 2.24) is 15.2 Å². The molecule has 1 N–H and O–H groups in total. The molecule has 0 radical (unpaired) electrons. The molecular formula is C13H21N3S. The fourth-order valence-corrected chi connectivity index (χ4v) is 3.06. The van der Waals surface area contributed by atoms with Gasteiger partial charge in [0.25, 0.3) is 0 Å². The van der Waals surface area contributed by atoms with Gasteiger partial charge >= 0.3 is 0 Å². The lowest BCUT2D eigenvalue weighted by molar-refractivity contribution is 0.305. The SMILES string of the molecule is CN(CCC1CSCCN1)Cc1ccncc1. The van der Waals surface area contributed by atoms with Crippen LogP contribution < -0.4 is 5.32 Å². The first-order valence-electron chi connectivity index (χ1n) is 6.23. The molecule has 0 amide bonds. The van der Waals surface area contributed by atoms with Crippen LogP contribution in [-0.4, -0.2) is 47.6 Å². The van der Waals surface area contributed by atoms with Crippen LogP contribution in [0.4, 0.5) is 0 Å². The van der Waals surface area contributed by atoms with Crippen molar-refractivity contribution < 1.29 is 0 Å². The summed E-state index contributed by atoms with van der Waals surface area (Å²) in [4.78, 5) is 6.43. The Balaban J connectivity index is 1.68. The molecule has 1 aromatic rings. The number of hydrogen-bond acceptors (Lipinski definition) is 4. The van der Waals surface area contributed by atoms with Gasteiger partial charge in [-0.2, -0.15) is 11.8 Å². The third-order valence-corrected chi connectivity index (χ3v) is 4.19. The molecule has 1 aliphatic heterocycles. The molecule has 1 atom stereocenters. The van der Waals surface area contributed by atoms with Gasteiger partial charge in [-0.05, 0) is 37.7 Å². The average molecular weight is 251 g/mol. The van der Waals surface area contributed by atoms with E-state index >= 15 is 0 Å². The second-order valence-corrected chi connectivity index (χ2v) is 5.76. The van der Waals surface area contributed by atoms with Crippen molar-refractivity contribution >= 4 is 11.8 Å². The van der Waals surface area contributed by atoms with Crippen molar-refractivity contribution in [3.63, 3.8) is 0 Å². The molecule has 2 heterocycles. The minimum atomic E-state index is 0.702. The predicted molar refractivity (Wildman–Crippen MR) is 74.3 cm³/mol. The van der Waals surface area contributed by atoms with Crippen LogP contribution in [0.1, 0.15) is 12.0 Å². The topological polar surface area (TPSA) is 28.2 Å². The fourth-order valence-electron chi connectivity index (χ4n) is 2.06. The third-order valence-electron chi connectivity index (χ3n) is 3.06. The summed E-state index contributed by atoms with van der Waals surface area (Å²) in [5, 5.41) is 3.58. The van der Waals surface area contributed by atoms with Crippen LogP contribution in [0.15, 0.2) is 24.5 Å². The normalized spacial score (nSPS) is 20.7. The molecule has 0 aromatic carbocycles. The highest BCUT2D eigenvalue weighted by molar-refractivity contribution is 7.99. The van der Waals surface area contributed by atoms with Gasteiger partial charge in [0, 0.05) is 43.0 Å². The maximum atomic E-state index is 4.04. The van der Waals surface area contributed by atoms with Crippen LogP contribution in [0.2, 0.25) is 0 Å². The van der Waals surface area contributed by atoms with E-state index in [9.17, 15) is 0 Å². The molecule has 1 aromatic heterocycles. The van der Waals surface area contributed by atoms with E-state index in [1.54, 1.807) is 0 Å². The average Bonchev–Trinajstić information content (AvgIpc) is 2.39. The zero-order valence-corrected chi connectivity index (χ0v) is 11.2. The van der Waals surface area contributed by atoms with Gasteiger partial charge in [0.05, 0.1) is 0 Å². The number of thioether (sulfide) groups is 1. The molecule has 0 aliphatic carbocycles. The Morgan fingerprint density at radius 2 is 2.29 bits per heavy atom. The Labute approximate surface area is 108 Å². The Morgan fingerprint density at radius 3 is 3.00 bits per heavy atom. The second kappa shape index (κ2) is 6.99. The van der Waals surface area contributed by atoms with Gasteiger partial charge in [-0.25, -0.2) is 0 Å². The summed E-state index contributed by atoms with van der Waals surface area (Å²) < 4.78 is 0. The first-order valence-corrected chi connectivity index (χ1v) is 7.38. The van der Waals surface area contributed by atoms with E-state index in [2.05, 4.69) is 46.1 Å². The molecule has 1 fully saturated rings. The van der Waals surface area contributed by atoms with Crippen molar-refractivity contribution in [2.75, 3.05) is 31.6 Å². The van der Waals surface area contributed by atoms with Gasteiger partial charge in [-0.15, -0.1) is 0 Å². The van der Waals surface area contributed by atoms with Crippen LogP contribution in [0, 0.1) is 0 Å². The smallest absolute Gasteiger partial charge is 0.0271 e. The molecule has 0 spiro atoms. The van der Waals surface area contributed by atoms with E-state index in [-0.39, 0.29) is 0 Å². The largest absolute Gasteiger partial charge is 0.312 e. The monoisotopic (exact) mass is 251 g/mol. The van der Waals surface area contributed by atoms with E-state index < -0.39 is 0 Å². The van der Waals surface area contributed by atoms with Crippen molar-refractivity contribution in [3.05, 3.63) is 30.1 Å². The highest BCUT2D eigenvalue weighted by atomic mass is 32.2. The van der Waals surface area contributed by atoms with Crippen LogP contribution in [0.3, 0.4) is 0 Å². The molecule has 4 heteroatoms. The molecule has 0 bridgehead atoms. The van der Waals surface area contributed by atoms with Crippen LogP contribution >= 0.6 is 11.8 Å². The summed E-state index contributed by atoms with van der Waals surface area (Å²) in [7, 11) is 2.19. The Hall–Kier alpha value is -0.580. The predicted octanol–water partition coefficient (Wildman–Crippen LogP) is 1.61. The van der Waals surface area contributed by atoms with Crippen LogP contribution in [0.5, 0.6) is 0 Å². The summed E-state index contributed by atoms with van der Waals surface area (Å²) >= 11 is 2.07. The minimum Gasteiger partial charge on any atom is -0.312 e. The van der Waals surface area contributed by atoms with Crippen LogP contribution in [-0.2, 0) is 6.54 Å². The fraction of sp³-hybridized carbons (Fsp3) is 0.615. The van der Waals surface area contributed by atoms with E-state index in [1.165, 1.54) is 30.0 Å². The molecule has 17 heavy (non-hydrogen) atoms. The number of nitrogens with one attached hydrogen (secondary N) is 1. The standard InChI is InChI=1S/C13H21N3S/c1-16(10-12-2-5-14-6-3-12)8-4-13-11-17-9-7-15-13/h2-3,5-6,13,15H,4,7-11H2,1H3. The van der Waals surface area contributed by atoms with Crippen molar-refractivity contribution in [2.45, 2.75) is 19.0 Å². The number of hydrogen-bond donors (Lipinski definition) is 1. The molecule has 94 valence electrons. The van der Waals surface area contributed by atoms with Gasteiger partial charge < -0.3 is 10.2 Å². The Bertz CT molecular complexity index is 312. The Morgan fingerprint density at radius 1 is 1.47 bits per heavy atom. The van der Waals surface area contributed by atoms with Crippen molar-refractivity contribution in [2.24, 2.45) is 0 Å². The number of aromatic nitrogens is 1. The summed E-state index contributed by atoms with van der Waals surface area (Å²) in [6.07, 6.45) is 4.97. The number of pyridine rings is 1. The number of rotatable bonds is 5. The zero-order valence-electron chi connectivity index (χ0n) is 10.4. The van der Waals surface area contributed by atoms with Crippen molar-refractivity contribution in [1.29, 1.82) is 0 Å². The molecule has 0 saturated carbocycles. The van der Waals surface area contributed by atoms with Gasteiger partial charge in [-0.3, -0.25) is 4.98 Å². The highest BCUT2D eigenvalue weighted by Gasteiger charge is 2.13. The van der Waals surface area contributed by atoms with E-state index in [0.29, 0.717) is 6.04 Å². The minimum absolute atomic E-state index is 0.702. The zero-order chi connectivity index (χ0) is 11.9. The first-order chi connectivity index (χ1) is 8.34. The Kier molecular flexibility index (Phi) is 5.29. The summed E-state index contributed by atoms with van der Waals surface area (Å²) in [6.45, 7) is 3.34. The maximum absolute atomic E-state index is 4.04. The van der Waals surface area contributed by atoms with Crippen LogP contribution in [0.25, 0.3) is 0 Å². The summed E-state index contributed by atoms with van der Waals surface area (Å²) in [5.74, 6) is 2.53. The molecular weight excluding hydrogens is 230 g/mol. The third kappa shape index (κ3) is 4.66. The lowest BCUT2D eigenvalue weighted by Crippen LogP contribution is -2.39. The van der Waals surface area contributed by atoms with Gasteiger partial charge in [0.1, 0.15) is 0 Å². The van der Waals surface area contributed by atoms with Gasteiger partial charge in [0.2, 0.25) is 0 Å².